The van der Waals surface area contributed by atoms with Crippen LogP contribution >= 0.6 is 0 Å². The summed E-state index contributed by atoms with van der Waals surface area (Å²) in [4.78, 5) is 4.53. The Morgan fingerprint density at radius 1 is 1.05 bits per heavy atom. The summed E-state index contributed by atoms with van der Waals surface area (Å²) in [5.41, 5.74) is 4.20. The molecule has 0 bridgehead atoms. The van der Waals surface area contributed by atoms with Crippen molar-refractivity contribution >= 4 is 5.65 Å². The predicted octanol–water partition coefficient (Wildman–Crippen LogP) is 3.53. The Hall–Kier alpha value is -2.29. The zero-order valence-electron chi connectivity index (χ0n) is 11.1. The molecule has 0 N–H and O–H groups in total. The van der Waals surface area contributed by atoms with Crippen molar-refractivity contribution in [1.29, 1.82) is 0 Å². The van der Waals surface area contributed by atoms with E-state index in [1.54, 1.807) is 0 Å². The summed E-state index contributed by atoms with van der Waals surface area (Å²) in [5.74, 6) is 0.958. The molecule has 0 radical (unpaired) electrons. The Labute approximate surface area is 112 Å². The molecule has 0 amide bonds. The molecule has 3 heteroatoms. The number of nitrogens with zero attached hydrogens (tertiary/aromatic N) is 2. The summed E-state index contributed by atoms with van der Waals surface area (Å²) < 4.78 is 7.91. The van der Waals surface area contributed by atoms with Crippen molar-refractivity contribution in [3.05, 3.63) is 65.6 Å². The molecule has 0 aliphatic rings. The van der Waals surface area contributed by atoms with Gasteiger partial charge in [0.05, 0.1) is 5.69 Å². The highest BCUT2D eigenvalue weighted by Crippen LogP contribution is 2.23. The van der Waals surface area contributed by atoms with Gasteiger partial charge < -0.3 is 9.14 Å². The number of aromatic nitrogens is 2. The van der Waals surface area contributed by atoms with Gasteiger partial charge in [0.1, 0.15) is 18.0 Å². The number of fused-ring (bicyclic) bond motifs is 1. The molecule has 3 aromatic rings. The van der Waals surface area contributed by atoms with Crippen LogP contribution in [0.1, 0.15) is 16.8 Å². The van der Waals surface area contributed by atoms with E-state index in [2.05, 4.69) is 31.0 Å². The van der Waals surface area contributed by atoms with Gasteiger partial charge in [0, 0.05) is 12.4 Å². The van der Waals surface area contributed by atoms with Gasteiger partial charge in [0.15, 0.2) is 0 Å². The molecule has 3 rings (SSSR count). The van der Waals surface area contributed by atoms with Crippen LogP contribution in [0.4, 0.5) is 0 Å². The standard InChI is InChI=1S/C16H16N2O/c1-12-6-5-7-13(2)16(12)19-11-14-10-18-9-4-3-8-15(18)17-14/h3-10H,11H2,1-2H3. The maximum Gasteiger partial charge on any atom is 0.137 e. The summed E-state index contributed by atoms with van der Waals surface area (Å²) in [6.07, 6.45) is 3.99. The highest BCUT2D eigenvalue weighted by atomic mass is 16.5. The van der Waals surface area contributed by atoms with Crippen molar-refractivity contribution in [3.8, 4) is 5.75 Å². The van der Waals surface area contributed by atoms with Gasteiger partial charge in [-0.3, -0.25) is 0 Å². The second-order valence-electron chi connectivity index (χ2n) is 4.71. The molecule has 96 valence electrons. The van der Waals surface area contributed by atoms with Gasteiger partial charge in [0.25, 0.3) is 0 Å². The Bertz CT molecular complexity index is 662. The van der Waals surface area contributed by atoms with Crippen LogP contribution in [0.3, 0.4) is 0 Å². The van der Waals surface area contributed by atoms with Crippen LogP contribution in [0.2, 0.25) is 0 Å². The van der Waals surface area contributed by atoms with Crippen molar-refractivity contribution in [2.45, 2.75) is 20.5 Å². The van der Waals surface area contributed by atoms with Crippen LogP contribution in [0.5, 0.6) is 5.75 Å². The zero-order valence-corrected chi connectivity index (χ0v) is 11.1. The van der Waals surface area contributed by atoms with Gasteiger partial charge in [-0.1, -0.05) is 24.3 Å². The average molecular weight is 252 g/mol. The summed E-state index contributed by atoms with van der Waals surface area (Å²) >= 11 is 0. The number of imidazole rings is 1. The minimum atomic E-state index is 0.493. The number of hydrogen-bond donors (Lipinski definition) is 0. The Balaban J connectivity index is 1.82. The van der Waals surface area contributed by atoms with Crippen LogP contribution in [0.15, 0.2) is 48.8 Å². The highest BCUT2D eigenvalue weighted by molar-refractivity contribution is 5.41. The first-order valence-electron chi connectivity index (χ1n) is 6.35. The van der Waals surface area contributed by atoms with Crippen molar-refractivity contribution in [3.63, 3.8) is 0 Å². The zero-order chi connectivity index (χ0) is 13.2. The largest absolute Gasteiger partial charge is 0.487 e. The molecule has 0 atom stereocenters. The maximum absolute atomic E-state index is 5.91. The second kappa shape index (κ2) is 4.76. The molecule has 0 aliphatic heterocycles. The lowest BCUT2D eigenvalue weighted by molar-refractivity contribution is 0.298. The van der Waals surface area contributed by atoms with E-state index in [4.69, 9.17) is 4.74 Å². The van der Waals surface area contributed by atoms with Crippen molar-refractivity contribution in [1.82, 2.24) is 9.38 Å². The molecule has 3 nitrogen and oxygen atoms in total. The number of hydrogen-bond acceptors (Lipinski definition) is 2. The molecule has 19 heavy (non-hydrogen) atoms. The van der Waals surface area contributed by atoms with Crippen molar-refractivity contribution in [2.75, 3.05) is 0 Å². The van der Waals surface area contributed by atoms with Gasteiger partial charge in [0.2, 0.25) is 0 Å². The molecule has 1 aromatic carbocycles. The number of pyridine rings is 1. The first kappa shape index (κ1) is 11.8. The third-order valence-electron chi connectivity index (χ3n) is 3.19. The number of aryl methyl sites for hydroxylation is 2. The lowest BCUT2D eigenvalue weighted by Crippen LogP contribution is -1.99. The number of ether oxygens (including phenoxy) is 1. The summed E-state index contributed by atoms with van der Waals surface area (Å²) in [6, 6.07) is 12.1. The minimum absolute atomic E-state index is 0.493. The summed E-state index contributed by atoms with van der Waals surface area (Å²) in [5, 5.41) is 0. The second-order valence-corrected chi connectivity index (χ2v) is 4.71. The van der Waals surface area contributed by atoms with Crippen LogP contribution in [0.25, 0.3) is 5.65 Å². The lowest BCUT2D eigenvalue weighted by Gasteiger charge is -2.10. The molecular formula is C16H16N2O. The Morgan fingerprint density at radius 2 is 1.84 bits per heavy atom. The van der Waals surface area contributed by atoms with E-state index >= 15 is 0 Å². The summed E-state index contributed by atoms with van der Waals surface area (Å²) in [6.45, 7) is 4.62. The molecule has 0 spiro atoms. The number of para-hydroxylation sites is 1. The van der Waals surface area contributed by atoms with Gasteiger partial charge in [-0.2, -0.15) is 0 Å². The van der Waals surface area contributed by atoms with Gasteiger partial charge in [-0.05, 0) is 37.1 Å². The van der Waals surface area contributed by atoms with Gasteiger partial charge in [-0.25, -0.2) is 4.98 Å². The highest BCUT2D eigenvalue weighted by Gasteiger charge is 2.06. The molecule has 2 heterocycles. The van der Waals surface area contributed by atoms with E-state index in [-0.39, 0.29) is 0 Å². The fourth-order valence-electron chi connectivity index (χ4n) is 2.23. The van der Waals surface area contributed by atoms with Crippen LogP contribution in [-0.2, 0) is 6.61 Å². The first-order valence-corrected chi connectivity index (χ1v) is 6.35. The maximum atomic E-state index is 5.91. The molecule has 0 saturated heterocycles. The van der Waals surface area contributed by atoms with E-state index in [9.17, 15) is 0 Å². The Kier molecular flexibility index (Phi) is 2.95. The average Bonchev–Trinajstić information content (AvgIpc) is 2.81. The lowest BCUT2D eigenvalue weighted by atomic mass is 10.1. The van der Waals surface area contributed by atoms with E-state index in [1.165, 1.54) is 0 Å². The van der Waals surface area contributed by atoms with Crippen LogP contribution in [-0.4, -0.2) is 9.38 Å². The molecule has 0 fully saturated rings. The first-order chi connectivity index (χ1) is 9.24. The van der Waals surface area contributed by atoms with Crippen molar-refractivity contribution < 1.29 is 4.74 Å². The van der Waals surface area contributed by atoms with Crippen molar-refractivity contribution in [2.24, 2.45) is 0 Å². The molecule has 0 saturated carbocycles. The third kappa shape index (κ3) is 2.32. The fraction of sp³-hybridized carbons (Fsp3) is 0.188. The number of rotatable bonds is 3. The van der Waals surface area contributed by atoms with E-state index in [0.717, 1.165) is 28.2 Å². The van der Waals surface area contributed by atoms with Gasteiger partial charge in [-0.15, -0.1) is 0 Å². The van der Waals surface area contributed by atoms with E-state index in [1.807, 2.05) is 41.1 Å². The fourth-order valence-corrected chi connectivity index (χ4v) is 2.23. The molecule has 0 aliphatic carbocycles. The predicted molar refractivity (Wildman–Crippen MR) is 75.4 cm³/mol. The smallest absolute Gasteiger partial charge is 0.137 e. The normalized spacial score (nSPS) is 10.8. The third-order valence-corrected chi connectivity index (χ3v) is 3.19. The van der Waals surface area contributed by atoms with E-state index < -0.39 is 0 Å². The monoisotopic (exact) mass is 252 g/mol. The van der Waals surface area contributed by atoms with Gasteiger partial charge >= 0.3 is 0 Å². The Morgan fingerprint density at radius 3 is 2.58 bits per heavy atom. The topological polar surface area (TPSA) is 26.5 Å². The molecule has 2 aromatic heterocycles. The molecule has 0 unspecified atom stereocenters. The number of benzene rings is 1. The minimum Gasteiger partial charge on any atom is -0.487 e. The van der Waals surface area contributed by atoms with Crippen LogP contribution < -0.4 is 4.74 Å². The summed E-state index contributed by atoms with van der Waals surface area (Å²) in [7, 11) is 0. The molecular weight excluding hydrogens is 236 g/mol. The van der Waals surface area contributed by atoms with Crippen LogP contribution in [0, 0.1) is 13.8 Å². The van der Waals surface area contributed by atoms with E-state index in [0.29, 0.717) is 6.61 Å². The quantitative estimate of drug-likeness (QED) is 0.713. The SMILES string of the molecule is Cc1cccc(C)c1OCc1cn2ccccc2n1.